The number of hydrogen-bond acceptors (Lipinski definition) is 3. The van der Waals surface area contributed by atoms with Crippen LogP contribution in [0.5, 0.6) is 5.75 Å². The van der Waals surface area contributed by atoms with Crippen molar-refractivity contribution in [1.82, 2.24) is 15.0 Å². The summed E-state index contributed by atoms with van der Waals surface area (Å²) in [6.07, 6.45) is 11.6. The van der Waals surface area contributed by atoms with Gasteiger partial charge in [0.25, 0.3) is 0 Å². The minimum Gasteiger partial charge on any atom is -0.505 e. The lowest BCUT2D eigenvalue weighted by Crippen LogP contribution is -2.05. The summed E-state index contributed by atoms with van der Waals surface area (Å²) in [5.41, 5.74) is 5.48. The summed E-state index contributed by atoms with van der Waals surface area (Å²) in [6.45, 7) is 13.8. The van der Waals surface area contributed by atoms with Crippen LogP contribution in [0.1, 0.15) is 104 Å². The lowest BCUT2D eigenvalue weighted by Gasteiger charge is -2.18. The number of aryl methyl sites for hydroxylation is 2. The average Bonchev–Trinajstić information content (AvgIpc) is 3.17. The predicted octanol–water partition coefficient (Wildman–Crippen LogP) is 8.42. The van der Waals surface area contributed by atoms with E-state index in [-0.39, 0.29) is 0 Å². The van der Waals surface area contributed by atoms with Crippen LogP contribution in [0.2, 0.25) is 0 Å². The fourth-order valence-electron chi connectivity index (χ4n) is 4.51. The Balaban J connectivity index is 1.75. The van der Waals surface area contributed by atoms with E-state index < -0.39 is 0 Å². The quantitative estimate of drug-likeness (QED) is 0.290. The van der Waals surface area contributed by atoms with Gasteiger partial charge in [-0.3, -0.25) is 0 Å². The van der Waals surface area contributed by atoms with Crippen molar-refractivity contribution in [3.8, 4) is 11.4 Å². The maximum Gasteiger partial charge on any atom is 0.146 e. The highest BCUT2D eigenvalue weighted by molar-refractivity contribution is 5.73. The van der Waals surface area contributed by atoms with Crippen LogP contribution in [-0.2, 0) is 12.8 Å². The fourth-order valence-corrected chi connectivity index (χ4v) is 4.51. The zero-order chi connectivity index (χ0) is 24.8. The number of benzene rings is 2. The normalized spacial score (nSPS) is 12.5. The summed E-state index contributed by atoms with van der Waals surface area (Å²) in [5, 5.41) is 20.5. The number of nitrogens with zero attached hydrogens (tertiary/aromatic N) is 3. The molecule has 3 rings (SSSR count). The van der Waals surface area contributed by atoms with Gasteiger partial charge in [-0.2, -0.15) is 0 Å². The Morgan fingerprint density at radius 3 is 1.76 bits per heavy atom. The fraction of sp³-hybridized carbons (Fsp3) is 0.600. The second kappa shape index (κ2) is 11.4. The van der Waals surface area contributed by atoms with E-state index in [4.69, 9.17) is 0 Å². The van der Waals surface area contributed by atoms with E-state index in [0.717, 1.165) is 35.9 Å². The van der Waals surface area contributed by atoms with Crippen molar-refractivity contribution in [3.63, 3.8) is 0 Å². The van der Waals surface area contributed by atoms with Crippen molar-refractivity contribution in [3.05, 3.63) is 47.5 Å². The summed E-state index contributed by atoms with van der Waals surface area (Å²) >= 11 is 0. The molecule has 0 bridgehead atoms. The number of aromatic nitrogens is 3. The predicted molar refractivity (Wildman–Crippen MR) is 144 cm³/mol. The highest BCUT2D eigenvalue weighted by atomic mass is 16.3. The van der Waals surface area contributed by atoms with Crippen LogP contribution in [0.4, 0.5) is 0 Å². The number of phenols is 1. The van der Waals surface area contributed by atoms with Crippen molar-refractivity contribution in [2.24, 2.45) is 10.8 Å². The van der Waals surface area contributed by atoms with Gasteiger partial charge in [-0.1, -0.05) is 85.4 Å². The number of phenolic OH excluding ortho intramolecular Hbond substituents is 1. The zero-order valence-corrected chi connectivity index (χ0v) is 22.3. The molecule has 186 valence electrons. The first kappa shape index (κ1) is 26.2. The standard InChI is InChI=1S/C30H45N3O/c1-29(2,3)19-13-7-9-15-23-21-24(16-10-8-14-20-30(4,5)6)28(34)27(22-23)33-31-25-17-11-12-18-26(25)32-33/h11-12,17-18,21-22,34H,7-10,13-16,19-20H2,1-6H3. The van der Waals surface area contributed by atoms with E-state index in [0.29, 0.717) is 22.3 Å². The van der Waals surface area contributed by atoms with E-state index in [1.54, 1.807) is 4.80 Å². The third-order valence-corrected chi connectivity index (χ3v) is 6.50. The number of rotatable bonds is 11. The van der Waals surface area contributed by atoms with Gasteiger partial charge in [-0.15, -0.1) is 15.0 Å². The Hall–Kier alpha value is -2.36. The first-order valence-electron chi connectivity index (χ1n) is 13.2. The molecule has 0 atom stereocenters. The van der Waals surface area contributed by atoms with Gasteiger partial charge >= 0.3 is 0 Å². The molecule has 0 aliphatic heterocycles. The van der Waals surface area contributed by atoms with Crippen LogP contribution in [0.25, 0.3) is 16.7 Å². The monoisotopic (exact) mass is 463 g/mol. The molecule has 1 aromatic heterocycles. The van der Waals surface area contributed by atoms with Crippen LogP contribution in [0.3, 0.4) is 0 Å². The van der Waals surface area contributed by atoms with Gasteiger partial charge in [0.1, 0.15) is 22.5 Å². The molecule has 3 aromatic rings. The van der Waals surface area contributed by atoms with Crippen LogP contribution >= 0.6 is 0 Å². The highest BCUT2D eigenvalue weighted by Crippen LogP contribution is 2.31. The molecule has 34 heavy (non-hydrogen) atoms. The number of fused-ring (bicyclic) bond motifs is 1. The second-order valence-corrected chi connectivity index (χ2v) is 12.3. The van der Waals surface area contributed by atoms with E-state index >= 15 is 0 Å². The molecule has 0 aliphatic rings. The van der Waals surface area contributed by atoms with Crippen LogP contribution in [0, 0.1) is 10.8 Å². The van der Waals surface area contributed by atoms with Gasteiger partial charge in [0.15, 0.2) is 0 Å². The summed E-state index contributed by atoms with van der Waals surface area (Å²) in [4.78, 5) is 1.62. The maximum absolute atomic E-state index is 11.2. The molecule has 0 aliphatic carbocycles. The molecule has 1 heterocycles. The topological polar surface area (TPSA) is 50.9 Å². The molecule has 4 nitrogen and oxygen atoms in total. The summed E-state index contributed by atoms with van der Waals surface area (Å²) in [5.74, 6) is 0.326. The van der Waals surface area contributed by atoms with Crippen molar-refractivity contribution < 1.29 is 5.11 Å². The van der Waals surface area contributed by atoms with Crippen molar-refractivity contribution in [1.29, 1.82) is 0 Å². The molecule has 0 saturated heterocycles. The van der Waals surface area contributed by atoms with E-state index in [9.17, 15) is 5.11 Å². The van der Waals surface area contributed by atoms with Crippen LogP contribution in [0.15, 0.2) is 36.4 Å². The molecular formula is C30H45N3O. The van der Waals surface area contributed by atoms with Crippen molar-refractivity contribution >= 4 is 11.0 Å². The Morgan fingerprint density at radius 2 is 1.24 bits per heavy atom. The summed E-state index contributed by atoms with van der Waals surface area (Å²) < 4.78 is 0. The second-order valence-electron chi connectivity index (χ2n) is 12.3. The Bertz CT molecular complexity index is 1020. The summed E-state index contributed by atoms with van der Waals surface area (Å²) in [6, 6.07) is 12.2. The molecule has 4 heteroatoms. The largest absolute Gasteiger partial charge is 0.505 e. The molecule has 0 amide bonds. The van der Waals surface area contributed by atoms with Gasteiger partial charge in [0.2, 0.25) is 0 Å². The Labute approximate surface area is 206 Å². The lowest BCUT2D eigenvalue weighted by atomic mass is 9.89. The van der Waals surface area contributed by atoms with Crippen molar-refractivity contribution in [2.75, 3.05) is 0 Å². The highest BCUT2D eigenvalue weighted by Gasteiger charge is 2.16. The zero-order valence-electron chi connectivity index (χ0n) is 22.3. The van der Waals surface area contributed by atoms with Crippen molar-refractivity contribution in [2.45, 2.75) is 106 Å². The molecule has 0 fully saturated rings. The molecule has 0 spiro atoms. The van der Waals surface area contributed by atoms with Gasteiger partial charge < -0.3 is 5.11 Å². The molecule has 1 N–H and O–H groups in total. The van der Waals surface area contributed by atoms with Gasteiger partial charge in [0, 0.05) is 0 Å². The van der Waals surface area contributed by atoms with Gasteiger partial charge in [-0.25, -0.2) is 0 Å². The first-order chi connectivity index (χ1) is 16.0. The van der Waals surface area contributed by atoms with E-state index in [1.165, 1.54) is 50.5 Å². The minimum absolute atomic E-state index is 0.326. The molecule has 0 saturated carbocycles. The smallest absolute Gasteiger partial charge is 0.146 e. The third kappa shape index (κ3) is 8.14. The maximum atomic E-state index is 11.2. The molecular weight excluding hydrogens is 418 g/mol. The Morgan fingerprint density at radius 1 is 0.706 bits per heavy atom. The van der Waals surface area contributed by atoms with Gasteiger partial charge in [-0.05, 0) is 78.7 Å². The molecule has 2 aromatic carbocycles. The average molecular weight is 464 g/mol. The van der Waals surface area contributed by atoms with E-state index in [1.807, 2.05) is 24.3 Å². The Kier molecular flexibility index (Phi) is 8.78. The summed E-state index contributed by atoms with van der Waals surface area (Å²) in [7, 11) is 0. The SMILES string of the molecule is CC(C)(C)CCCCCc1cc(CCCCCC(C)(C)C)c(O)c(-n2nc3ccccc3n2)c1. The molecule has 0 radical (unpaired) electrons. The third-order valence-electron chi connectivity index (χ3n) is 6.50. The first-order valence-corrected chi connectivity index (χ1v) is 13.2. The number of unbranched alkanes of at least 4 members (excludes halogenated alkanes) is 4. The number of hydrogen-bond donors (Lipinski definition) is 1. The van der Waals surface area contributed by atoms with Crippen LogP contribution in [-0.4, -0.2) is 20.1 Å². The lowest BCUT2D eigenvalue weighted by molar-refractivity contribution is 0.358. The molecule has 0 unspecified atom stereocenters. The minimum atomic E-state index is 0.326. The van der Waals surface area contributed by atoms with E-state index in [2.05, 4.69) is 63.9 Å². The van der Waals surface area contributed by atoms with Gasteiger partial charge in [0.05, 0.1) is 0 Å². The number of aromatic hydroxyl groups is 1. The van der Waals surface area contributed by atoms with Crippen LogP contribution < -0.4 is 0 Å².